The van der Waals surface area contributed by atoms with E-state index in [0.29, 0.717) is 48.5 Å². The van der Waals surface area contributed by atoms with Crippen molar-refractivity contribution in [1.82, 2.24) is 0 Å². The zero-order chi connectivity index (χ0) is 25.2. The highest BCUT2D eigenvalue weighted by atomic mass is 16.6. The smallest absolute Gasteiger partial charge is 0.343 e. The molecule has 1 fully saturated rings. The Morgan fingerprint density at radius 2 is 1.97 bits per heavy atom. The maximum absolute atomic E-state index is 12.6. The summed E-state index contributed by atoms with van der Waals surface area (Å²) >= 11 is 0. The summed E-state index contributed by atoms with van der Waals surface area (Å²) in [4.78, 5) is 24.0. The quantitative estimate of drug-likeness (QED) is 0.264. The Kier molecular flexibility index (Phi) is 9.87. The van der Waals surface area contributed by atoms with E-state index in [1.54, 1.807) is 43.3 Å². The second-order valence-electron chi connectivity index (χ2n) is 8.56. The van der Waals surface area contributed by atoms with Gasteiger partial charge in [0, 0.05) is 18.9 Å². The topological polar surface area (TPSA) is 91.3 Å². The molecule has 0 radical (unpaired) electrons. The number of carbonyl (C=O) groups excluding carboxylic acids is 2. The van der Waals surface area contributed by atoms with E-state index in [2.05, 4.69) is 13.5 Å². The fourth-order valence-electron chi connectivity index (χ4n) is 3.86. The first kappa shape index (κ1) is 26.4. The van der Waals surface area contributed by atoms with Gasteiger partial charge in [-0.3, -0.25) is 0 Å². The number of esters is 2. The number of unbranched alkanes of at least 4 members (excludes halogenated alkanes) is 1. The molecule has 7 nitrogen and oxygen atoms in total. The zero-order valence-electron chi connectivity index (χ0n) is 20.4. The molecule has 0 saturated carbocycles. The van der Waals surface area contributed by atoms with Crippen molar-refractivity contribution in [2.75, 3.05) is 6.61 Å². The standard InChI is InChI=1S/C28H34O7/c1-4-6-7-24(25-18-19(3)27(30)35-25)33-22-15-11-21(12-16-22)28(31)34-23-13-8-20(9-14-23)10-17-26(29)32-5-2/h8,10-13,15-17,24-25,27,30H,3-7,9,14,18H2,1-2H3/b17-10+. The fourth-order valence-corrected chi connectivity index (χ4v) is 3.86. The monoisotopic (exact) mass is 482 g/mol. The molecule has 2 aliphatic rings. The van der Waals surface area contributed by atoms with Crippen LogP contribution in [0.4, 0.5) is 0 Å². The Balaban J connectivity index is 1.56. The molecule has 1 aromatic carbocycles. The van der Waals surface area contributed by atoms with Gasteiger partial charge in [0.05, 0.1) is 12.2 Å². The maximum Gasteiger partial charge on any atom is 0.343 e. The van der Waals surface area contributed by atoms with E-state index in [9.17, 15) is 14.7 Å². The van der Waals surface area contributed by atoms with Crippen LogP contribution in [-0.2, 0) is 19.0 Å². The van der Waals surface area contributed by atoms with Crippen LogP contribution in [0.25, 0.3) is 0 Å². The van der Waals surface area contributed by atoms with Crippen LogP contribution < -0.4 is 4.74 Å². The SMILES string of the molecule is C=C1CC(C(CCCC)Oc2ccc(C(=O)OC3=CC=C(/C=C/C(=O)OCC)CC3)cc2)OC1O. The van der Waals surface area contributed by atoms with Gasteiger partial charge in [-0.25, -0.2) is 9.59 Å². The molecule has 3 unspecified atom stereocenters. The van der Waals surface area contributed by atoms with Gasteiger partial charge in [-0.2, -0.15) is 0 Å². The summed E-state index contributed by atoms with van der Waals surface area (Å²) in [5, 5.41) is 9.86. The highest BCUT2D eigenvalue weighted by Crippen LogP contribution is 2.30. The van der Waals surface area contributed by atoms with Gasteiger partial charge in [-0.05, 0) is 67.7 Å². The largest absolute Gasteiger partial charge is 0.488 e. The molecule has 0 spiro atoms. The molecule has 7 heteroatoms. The average molecular weight is 483 g/mol. The first-order valence-corrected chi connectivity index (χ1v) is 12.1. The highest BCUT2D eigenvalue weighted by molar-refractivity contribution is 5.90. The molecule has 1 saturated heterocycles. The van der Waals surface area contributed by atoms with Gasteiger partial charge in [0.1, 0.15) is 23.7 Å². The molecular formula is C28H34O7. The van der Waals surface area contributed by atoms with Crippen molar-refractivity contribution in [3.05, 3.63) is 77.6 Å². The van der Waals surface area contributed by atoms with Crippen molar-refractivity contribution in [2.24, 2.45) is 0 Å². The van der Waals surface area contributed by atoms with E-state index >= 15 is 0 Å². The molecule has 1 aliphatic heterocycles. The van der Waals surface area contributed by atoms with Crippen LogP contribution in [0, 0.1) is 0 Å². The second kappa shape index (κ2) is 13.1. The van der Waals surface area contributed by atoms with E-state index in [1.165, 1.54) is 6.08 Å². The molecule has 1 N–H and O–H groups in total. The predicted molar refractivity (Wildman–Crippen MR) is 132 cm³/mol. The molecule has 3 rings (SSSR count). The number of ether oxygens (including phenoxy) is 4. The highest BCUT2D eigenvalue weighted by Gasteiger charge is 2.34. The van der Waals surface area contributed by atoms with Crippen LogP contribution in [0.15, 0.2) is 72.1 Å². The van der Waals surface area contributed by atoms with E-state index < -0.39 is 12.3 Å². The molecule has 0 aromatic heterocycles. The van der Waals surface area contributed by atoms with Crippen molar-refractivity contribution in [1.29, 1.82) is 0 Å². The lowest BCUT2D eigenvalue weighted by Crippen LogP contribution is -2.32. The summed E-state index contributed by atoms with van der Waals surface area (Å²) in [5.41, 5.74) is 2.03. The van der Waals surface area contributed by atoms with Gasteiger partial charge in [0.25, 0.3) is 0 Å². The number of benzene rings is 1. The van der Waals surface area contributed by atoms with Crippen LogP contribution in [0.1, 0.15) is 62.7 Å². The Morgan fingerprint density at radius 1 is 1.20 bits per heavy atom. The van der Waals surface area contributed by atoms with Crippen molar-refractivity contribution < 1.29 is 33.6 Å². The Labute approximate surface area is 206 Å². The third-order valence-electron chi connectivity index (χ3n) is 5.84. The Morgan fingerprint density at radius 3 is 2.57 bits per heavy atom. The van der Waals surface area contributed by atoms with E-state index in [0.717, 1.165) is 24.8 Å². The van der Waals surface area contributed by atoms with Gasteiger partial charge in [0.15, 0.2) is 6.29 Å². The number of aliphatic hydroxyl groups excluding tert-OH is 1. The second-order valence-corrected chi connectivity index (χ2v) is 8.56. The van der Waals surface area contributed by atoms with Gasteiger partial charge >= 0.3 is 11.9 Å². The Hall–Kier alpha value is -3.16. The normalized spacial score (nSPS) is 20.8. The molecule has 188 valence electrons. The summed E-state index contributed by atoms with van der Waals surface area (Å²) in [6, 6.07) is 6.82. The number of aliphatic hydroxyl groups is 1. The van der Waals surface area contributed by atoms with Crippen molar-refractivity contribution in [3.63, 3.8) is 0 Å². The van der Waals surface area contributed by atoms with E-state index in [4.69, 9.17) is 18.9 Å². The lowest BCUT2D eigenvalue weighted by Gasteiger charge is -2.24. The number of hydrogen-bond donors (Lipinski definition) is 1. The summed E-state index contributed by atoms with van der Waals surface area (Å²) < 4.78 is 22.2. The zero-order valence-corrected chi connectivity index (χ0v) is 20.4. The molecule has 35 heavy (non-hydrogen) atoms. The lowest BCUT2D eigenvalue weighted by molar-refractivity contribution is -0.137. The van der Waals surface area contributed by atoms with Gasteiger partial charge < -0.3 is 24.1 Å². The predicted octanol–water partition coefficient (Wildman–Crippen LogP) is 5.17. The first-order chi connectivity index (χ1) is 16.9. The van der Waals surface area contributed by atoms with Crippen molar-refractivity contribution >= 4 is 11.9 Å². The van der Waals surface area contributed by atoms with Crippen molar-refractivity contribution in [2.45, 2.75) is 70.9 Å². The third kappa shape index (κ3) is 7.94. The summed E-state index contributed by atoms with van der Waals surface area (Å²) in [6.07, 6.45) is 9.83. The summed E-state index contributed by atoms with van der Waals surface area (Å²) in [6.45, 7) is 8.06. The van der Waals surface area contributed by atoms with Gasteiger partial charge in [0.2, 0.25) is 0 Å². The number of allylic oxidation sites excluding steroid dienone is 5. The molecule has 0 bridgehead atoms. The van der Waals surface area contributed by atoms with E-state index in [1.807, 2.05) is 6.08 Å². The van der Waals surface area contributed by atoms with Crippen molar-refractivity contribution in [3.8, 4) is 5.75 Å². The van der Waals surface area contributed by atoms with Crippen LogP contribution in [0.5, 0.6) is 5.75 Å². The van der Waals surface area contributed by atoms with Gasteiger partial charge in [-0.15, -0.1) is 0 Å². The Bertz CT molecular complexity index is 987. The van der Waals surface area contributed by atoms with Crippen LogP contribution >= 0.6 is 0 Å². The third-order valence-corrected chi connectivity index (χ3v) is 5.84. The number of rotatable bonds is 11. The first-order valence-electron chi connectivity index (χ1n) is 12.1. The molecule has 1 aliphatic carbocycles. The molecule has 0 amide bonds. The molecular weight excluding hydrogens is 448 g/mol. The number of carbonyl (C=O) groups is 2. The fraction of sp³-hybridized carbons (Fsp3) is 0.429. The van der Waals surface area contributed by atoms with Gasteiger partial charge in [-0.1, -0.05) is 32.1 Å². The van der Waals surface area contributed by atoms with Crippen LogP contribution in [-0.4, -0.2) is 42.1 Å². The summed E-state index contributed by atoms with van der Waals surface area (Å²) in [5.74, 6) is 0.372. The maximum atomic E-state index is 12.6. The van der Waals surface area contributed by atoms with Crippen LogP contribution in [0.2, 0.25) is 0 Å². The molecule has 1 heterocycles. The molecule has 3 atom stereocenters. The summed E-state index contributed by atoms with van der Waals surface area (Å²) in [7, 11) is 0. The minimum atomic E-state index is -0.946. The average Bonchev–Trinajstić information content (AvgIpc) is 3.19. The molecule has 1 aromatic rings. The van der Waals surface area contributed by atoms with Crippen LogP contribution in [0.3, 0.4) is 0 Å². The minimum absolute atomic E-state index is 0.215. The lowest BCUT2D eigenvalue weighted by atomic mass is 10.0. The number of hydrogen-bond acceptors (Lipinski definition) is 7. The minimum Gasteiger partial charge on any atom is -0.488 e. The van der Waals surface area contributed by atoms with E-state index in [-0.39, 0.29) is 18.2 Å².